The third-order valence-corrected chi connectivity index (χ3v) is 6.99. The Morgan fingerprint density at radius 1 is 1.03 bits per heavy atom. The SMILES string of the molecule is CC[C@H](C(=O)NC(C)C)N(Cc1ccccc1)C(=O)CN1C(=O)c2ccccc2S1(=O)=O. The molecule has 0 saturated carbocycles. The van der Waals surface area contributed by atoms with E-state index < -0.39 is 34.4 Å². The number of carbonyl (C=O) groups is 3. The number of hydrogen-bond acceptors (Lipinski definition) is 5. The highest BCUT2D eigenvalue weighted by Crippen LogP contribution is 2.30. The van der Waals surface area contributed by atoms with E-state index in [1.165, 1.54) is 23.1 Å². The zero-order valence-corrected chi connectivity index (χ0v) is 19.1. The van der Waals surface area contributed by atoms with Gasteiger partial charge in [0.1, 0.15) is 17.5 Å². The summed E-state index contributed by atoms with van der Waals surface area (Å²) in [6.45, 7) is 4.86. The Morgan fingerprint density at radius 3 is 2.25 bits per heavy atom. The Bertz CT molecular complexity index is 1120. The molecule has 1 atom stereocenters. The van der Waals surface area contributed by atoms with Gasteiger partial charge in [0.15, 0.2) is 0 Å². The van der Waals surface area contributed by atoms with Gasteiger partial charge in [0, 0.05) is 12.6 Å². The lowest BCUT2D eigenvalue weighted by atomic mass is 10.1. The molecule has 0 unspecified atom stereocenters. The lowest BCUT2D eigenvalue weighted by molar-refractivity contribution is -0.141. The van der Waals surface area contributed by atoms with Crippen molar-refractivity contribution in [3.8, 4) is 0 Å². The molecule has 170 valence electrons. The van der Waals surface area contributed by atoms with Crippen LogP contribution in [0.25, 0.3) is 0 Å². The van der Waals surface area contributed by atoms with Crippen molar-refractivity contribution in [2.75, 3.05) is 6.54 Å². The quantitative estimate of drug-likeness (QED) is 0.654. The molecule has 2 aromatic carbocycles. The molecule has 0 aliphatic carbocycles. The monoisotopic (exact) mass is 457 g/mol. The van der Waals surface area contributed by atoms with Crippen LogP contribution in [0.3, 0.4) is 0 Å². The highest BCUT2D eigenvalue weighted by atomic mass is 32.2. The second-order valence-electron chi connectivity index (χ2n) is 7.91. The third-order valence-electron chi connectivity index (χ3n) is 5.20. The lowest BCUT2D eigenvalue weighted by Gasteiger charge is -2.32. The van der Waals surface area contributed by atoms with Crippen molar-refractivity contribution < 1.29 is 22.8 Å². The van der Waals surface area contributed by atoms with Gasteiger partial charge in [0.25, 0.3) is 15.9 Å². The summed E-state index contributed by atoms with van der Waals surface area (Å²) in [5, 5.41) is 2.82. The van der Waals surface area contributed by atoms with Crippen LogP contribution in [0.1, 0.15) is 43.1 Å². The van der Waals surface area contributed by atoms with Gasteiger partial charge in [0.2, 0.25) is 11.8 Å². The van der Waals surface area contributed by atoms with Crippen LogP contribution in [0, 0.1) is 0 Å². The molecule has 8 nitrogen and oxygen atoms in total. The molecular formula is C23H27N3O5S. The highest BCUT2D eigenvalue weighted by Gasteiger charge is 2.43. The van der Waals surface area contributed by atoms with Gasteiger partial charge in [-0.1, -0.05) is 49.4 Å². The summed E-state index contributed by atoms with van der Waals surface area (Å²) < 4.78 is 26.4. The average molecular weight is 458 g/mol. The number of hydrogen-bond donors (Lipinski definition) is 1. The zero-order chi connectivity index (χ0) is 23.5. The Labute approximate surface area is 188 Å². The first-order chi connectivity index (χ1) is 15.2. The smallest absolute Gasteiger partial charge is 0.269 e. The van der Waals surface area contributed by atoms with E-state index in [4.69, 9.17) is 0 Å². The molecule has 0 spiro atoms. The Hall–Kier alpha value is -3.20. The van der Waals surface area contributed by atoms with E-state index in [0.717, 1.165) is 5.56 Å². The molecule has 1 N–H and O–H groups in total. The fourth-order valence-electron chi connectivity index (χ4n) is 3.68. The molecule has 1 aliphatic heterocycles. The molecule has 3 rings (SSSR count). The van der Waals surface area contributed by atoms with E-state index in [1.54, 1.807) is 13.0 Å². The molecule has 9 heteroatoms. The second-order valence-corrected chi connectivity index (χ2v) is 9.74. The van der Waals surface area contributed by atoms with Crippen molar-refractivity contribution in [2.24, 2.45) is 0 Å². The van der Waals surface area contributed by atoms with Crippen molar-refractivity contribution >= 4 is 27.7 Å². The Balaban J connectivity index is 1.91. The topological polar surface area (TPSA) is 104 Å². The summed E-state index contributed by atoms with van der Waals surface area (Å²) in [4.78, 5) is 40.2. The first kappa shape index (κ1) is 23.5. The van der Waals surface area contributed by atoms with Crippen molar-refractivity contribution in [2.45, 2.75) is 50.7 Å². The molecule has 1 aliphatic rings. The van der Waals surface area contributed by atoms with E-state index in [-0.39, 0.29) is 29.0 Å². The Morgan fingerprint density at radius 2 is 1.66 bits per heavy atom. The summed E-state index contributed by atoms with van der Waals surface area (Å²) in [5.41, 5.74) is 0.829. The van der Waals surface area contributed by atoms with Crippen molar-refractivity contribution in [3.63, 3.8) is 0 Å². The fraction of sp³-hybridized carbons (Fsp3) is 0.348. The predicted molar refractivity (Wildman–Crippen MR) is 119 cm³/mol. The summed E-state index contributed by atoms with van der Waals surface area (Å²) in [7, 11) is -4.13. The molecule has 3 amide bonds. The number of amides is 3. The number of benzene rings is 2. The van der Waals surface area contributed by atoms with Crippen LogP contribution in [0.4, 0.5) is 0 Å². The first-order valence-corrected chi connectivity index (χ1v) is 11.9. The third kappa shape index (κ3) is 4.67. The number of rotatable bonds is 8. The van der Waals surface area contributed by atoms with Gasteiger partial charge in [-0.2, -0.15) is 0 Å². The van der Waals surface area contributed by atoms with Crippen LogP contribution in [0.15, 0.2) is 59.5 Å². The number of nitrogens with one attached hydrogen (secondary N) is 1. The maximum absolute atomic E-state index is 13.4. The van der Waals surface area contributed by atoms with Crippen LogP contribution >= 0.6 is 0 Å². The van der Waals surface area contributed by atoms with Gasteiger partial charge < -0.3 is 10.2 Å². The molecule has 0 radical (unpaired) electrons. The van der Waals surface area contributed by atoms with Crippen molar-refractivity contribution in [1.29, 1.82) is 0 Å². The van der Waals surface area contributed by atoms with Crippen LogP contribution in [-0.4, -0.2) is 54.0 Å². The second kappa shape index (κ2) is 9.52. The van der Waals surface area contributed by atoms with Crippen LogP contribution < -0.4 is 5.32 Å². The van der Waals surface area contributed by atoms with Crippen LogP contribution in [0.2, 0.25) is 0 Å². The van der Waals surface area contributed by atoms with Gasteiger partial charge >= 0.3 is 0 Å². The van der Waals surface area contributed by atoms with Crippen molar-refractivity contribution in [3.05, 3.63) is 65.7 Å². The van der Waals surface area contributed by atoms with Crippen LogP contribution in [0.5, 0.6) is 0 Å². The largest absolute Gasteiger partial charge is 0.352 e. The molecule has 1 heterocycles. The van der Waals surface area contributed by atoms with Gasteiger partial charge in [-0.25, -0.2) is 12.7 Å². The molecule has 0 bridgehead atoms. The lowest BCUT2D eigenvalue weighted by Crippen LogP contribution is -2.53. The average Bonchev–Trinajstić information content (AvgIpc) is 2.94. The summed E-state index contributed by atoms with van der Waals surface area (Å²) in [6, 6.07) is 14.0. The zero-order valence-electron chi connectivity index (χ0n) is 18.3. The van der Waals surface area contributed by atoms with Gasteiger partial charge in [-0.3, -0.25) is 14.4 Å². The molecule has 32 heavy (non-hydrogen) atoms. The minimum absolute atomic E-state index is 0.0412. The summed E-state index contributed by atoms with van der Waals surface area (Å²) >= 11 is 0. The number of fused-ring (bicyclic) bond motifs is 1. The van der Waals surface area contributed by atoms with E-state index >= 15 is 0 Å². The minimum atomic E-state index is -4.13. The summed E-state index contributed by atoms with van der Waals surface area (Å²) in [6.07, 6.45) is 0.331. The van der Waals surface area contributed by atoms with E-state index in [1.807, 2.05) is 44.2 Å². The van der Waals surface area contributed by atoms with E-state index in [9.17, 15) is 22.8 Å². The number of nitrogens with zero attached hydrogens (tertiary/aromatic N) is 2. The van der Waals surface area contributed by atoms with Crippen molar-refractivity contribution in [1.82, 2.24) is 14.5 Å². The molecule has 0 fully saturated rings. The Kier molecular flexibility index (Phi) is 6.98. The number of sulfonamides is 1. The van der Waals surface area contributed by atoms with E-state index in [2.05, 4.69) is 5.32 Å². The van der Waals surface area contributed by atoms with E-state index in [0.29, 0.717) is 10.7 Å². The molecule has 0 aromatic heterocycles. The molecular weight excluding hydrogens is 430 g/mol. The molecule has 2 aromatic rings. The predicted octanol–water partition coefficient (Wildman–Crippen LogP) is 2.16. The van der Waals surface area contributed by atoms with Gasteiger partial charge in [-0.15, -0.1) is 0 Å². The minimum Gasteiger partial charge on any atom is -0.352 e. The van der Waals surface area contributed by atoms with Gasteiger partial charge in [-0.05, 0) is 38.0 Å². The fourth-order valence-corrected chi connectivity index (χ4v) is 5.20. The maximum atomic E-state index is 13.4. The maximum Gasteiger partial charge on any atom is 0.269 e. The summed E-state index contributed by atoms with van der Waals surface area (Å²) in [5.74, 6) is -1.69. The number of carbonyl (C=O) groups excluding carboxylic acids is 3. The van der Waals surface area contributed by atoms with Gasteiger partial charge in [0.05, 0.1) is 5.56 Å². The molecule has 0 saturated heterocycles. The first-order valence-electron chi connectivity index (χ1n) is 10.5. The normalized spacial score (nSPS) is 15.4. The standard InChI is InChI=1S/C23H27N3O5S/c1-4-19(22(28)24-16(2)3)25(14-17-10-6-5-7-11-17)21(27)15-26-23(29)18-12-8-9-13-20(18)32(26,30)31/h5-13,16,19H,4,14-15H2,1-3H3,(H,24,28)/t19-/m1/s1. The highest BCUT2D eigenvalue weighted by molar-refractivity contribution is 7.90. The van der Waals surface area contributed by atoms with Crippen LogP contribution in [-0.2, 0) is 26.2 Å².